The Labute approximate surface area is 119 Å². The van der Waals surface area contributed by atoms with Crippen molar-refractivity contribution in [3.8, 4) is 0 Å². The van der Waals surface area contributed by atoms with E-state index in [1.807, 2.05) is 0 Å². The Morgan fingerprint density at radius 3 is 3.00 bits per heavy atom. The molecule has 0 saturated carbocycles. The Morgan fingerprint density at radius 1 is 1.55 bits per heavy atom. The average Bonchev–Trinajstić information content (AvgIpc) is 2.87. The summed E-state index contributed by atoms with van der Waals surface area (Å²) in [4.78, 5) is 36.9. The van der Waals surface area contributed by atoms with Crippen LogP contribution in [0.4, 0.5) is 0 Å². The molecule has 2 heterocycles. The van der Waals surface area contributed by atoms with Crippen molar-refractivity contribution in [2.45, 2.75) is 30.8 Å². The predicted molar refractivity (Wildman–Crippen MR) is 75.3 cm³/mol. The molecule has 2 aromatic heterocycles. The predicted octanol–water partition coefficient (Wildman–Crippen LogP) is 0.598. The van der Waals surface area contributed by atoms with Crippen molar-refractivity contribution in [3.63, 3.8) is 0 Å². The van der Waals surface area contributed by atoms with Gasteiger partial charge < -0.3 is 15.3 Å². The molecule has 20 heavy (non-hydrogen) atoms. The molecule has 3 N–H and O–H groups in total. The van der Waals surface area contributed by atoms with Crippen LogP contribution >= 0.6 is 11.8 Å². The van der Waals surface area contributed by atoms with E-state index in [2.05, 4.69) is 25.3 Å². The first-order valence-electron chi connectivity index (χ1n) is 6.05. The topological polar surface area (TPSA) is 104 Å². The first-order chi connectivity index (χ1) is 9.54. The van der Waals surface area contributed by atoms with Crippen molar-refractivity contribution in [2.24, 2.45) is 0 Å². The number of aromatic nitrogens is 4. The number of nitrogens with zero attached hydrogens (tertiary/aromatic N) is 2. The molecule has 0 aliphatic heterocycles. The van der Waals surface area contributed by atoms with Crippen molar-refractivity contribution in [1.29, 1.82) is 0 Å². The summed E-state index contributed by atoms with van der Waals surface area (Å²) in [6.07, 6.45) is 3.32. The molecule has 1 unspecified atom stereocenters. The van der Waals surface area contributed by atoms with Crippen LogP contribution in [0, 0.1) is 6.92 Å². The number of aryl methyl sites for hydroxylation is 1. The summed E-state index contributed by atoms with van der Waals surface area (Å²) in [5.74, 6) is 0.549. The molecule has 0 spiro atoms. The van der Waals surface area contributed by atoms with Crippen LogP contribution in [0.5, 0.6) is 0 Å². The third kappa shape index (κ3) is 3.95. The smallest absolute Gasteiger partial charge is 0.251 e. The van der Waals surface area contributed by atoms with E-state index in [0.717, 1.165) is 0 Å². The Balaban J connectivity index is 1.91. The monoisotopic (exact) mass is 293 g/mol. The second kappa shape index (κ2) is 6.38. The van der Waals surface area contributed by atoms with Gasteiger partial charge in [-0.3, -0.25) is 9.59 Å². The Kier molecular flexibility index (Phi) is 4.57. The number of aromatic amines is 2. The summed E-state index contributed by atoms with van der Waals surface area (Å²) >= 11 is 1.21. The number of nitrogens with one attached hydrogen (secondary N) is 3. The summed E-state index contributed by atoms with van der Waals surface area (Å²) in [6, 6.07) is 1.41. The molecule has 1 atom stereocenters. The molecule has 0 bridgehead atoms. The van der Waals surface area contributed by atoms with E-state index in [1.54, 1.807) is 26.2 Å². The van der Waals surface area contributed by atoms with Crippen LogP contribution in [0.15, 0.2) is 28.4 Å². The van der Waals surface area contributed by atoms with E-state index in [-0.39, 0.29) is 16.7 Å². The van der Waals surface area contributed by atoms with E-state index in [4.69, 9.17) is 0 Å². The number of hydrogen-bond acceptors (Lipinski definition) is 5. The van der Waals surface area contributed by atoms with Gasteiger partial charge in [0.15, 0.2) is 5.16 Å². The number of carbonyl (C=O) groups excluding carboxylic acids is 1. The third-order valence-corrected chi connectivity index (χ3v) is 3.47. The highest BCUT2D eigenvalue weighted by Gasteiger charge is 2.15. The lowest BCUT2D eigenvalue weighted by atomic mass is 10.4. The molecule has 2 rings (SSSR count). The fourth-order valence-corrected chi connectivity index (χ4v) is 2.42. The van der Waals surface area contributed by atoms with Gasteiger partial charge in [-0.05, 0) is 13.8 Å². The highest BCUT2D eigenvalue weighted by Crippen LogP contribution is 2.18. The summed E-state index contributed by atoms with van der Waals surface area (Å²) < 4.78 is 0. The van der Waals surface area contributed by atoms with E-state index >= 15 is 0 Å². The number of thioether (sulfide) groups is 1. The minimum absolute atomic E-state index is 0.143. The Bertz CT molecular complexity index is 638. The maximum atomic E-state index is 11.9. The first-order valence-corrected chi connectivity index (χ1v) is 6.93. The maximum Gasteiger partial charge on any atom is 0.251 e. The molecule has 0 saturated heterocycles. The molecule has 0 aliphatic carbocycles. The van der Waals surface area contributed by atoms with Gasteiger partial charge in [0.1, 0.15) is 5.82 Å². The number of H-pyrrole nitrogens is 2. The number of imidazole rings is 1. The van der Waals surface area contributed by atoms with Gasteiger partial charge in [-0.25, -0.2) is 9.97 Å². The van der Waals surface area contributed by atoms with Crippen LogP contribution in [0.25, 0.3) is 0 Å². The highest BCUT2D eigenvalue weighted by molar-refractivity contribution is 8.00. The van der Waals surface area contributed by atoms with Gasteiger partial charge in [0.05, 0.1) is 11.8 Å². The minimum Gasteiger partial charge on any atom is -0.348 e. The summed E-state index contributed by atoms with van der Waals surface area (Å²) in [7, 11) is 0. The van der Waals surface area contributed by atoms with Crippen LogP contribution < -0.4 is 10.9 Å². The van der Waals surface area contributed by atoms with Crippen molar-refractivity contribution in [2.75, 3.05) is 0 Å². The lowest BCUT2D eigenvalue weighted by molar-refractivity contribution is -0.120. The van der Waals surface area contributed by atoms with Gasteiger partial charge in [-0.2, -0.15) is 0 Å². The Morgan fingerprint density at radius 2 is 2.35 bits per heavy atom. The van der Waals surface area contributed by atoms with Crippen molar-refractivity contribution >= 4 is 17.7 Å². The molecular weight excluding hydrogens is 278 g/mol. The van der Waals surface area contributed by atoms with Crippen LogP contribution in [-0.2, 0) is 11.3 Å². The van der Waals surface area contributed by atoms with E-state index < -0.39 is 0 Å². The van der Waals surface area contributed by atoms with E-state index in [1.165, 1.54) is 17.8 Å². The minimum atomic E-state index is -0.366. The normalized spacial score (nSPS) is 12.1. The SMILES string of the molecule is Cc1cc(=O)[nH]c(SC(C)C(=O)NCc2ncc[nH]2)n1. The highest BCUT2D eigenvalue weighted by atomic mass is 32.2. The van der Waals surface area contributed by atoms with Gasteiger partial charge in [0.2, 0.25) is 5.91 Å². The maximum absolute atomic E-state index is 11.9. The second-order valence-electron chi connectivity index (χ2n) is 4.21. The quantitative estimate of drug-likeness (QED) is 0.553. The molecule has 8 heteroatoms. The zero-order valence-electron chi connectivity index (χ0n) is 11.1. The standard InChI is InChI=1S/C12H15N5O2S/c1-7-5-10(18)17-12(16-7)20-8(2)11(19)15-6-9-13-3-4-14-9/h3-5,8H,6H2,1-2H3,(H,13,14)(H,15,19)(H,16,17,18). The number of rotatable bonds is 5. The molecule has 0 aromatic carbocycles. The van der Waals surface area contributed by atoms with E-state index in [0.29, 0.717) is 23.2 Å². The Hall–Kier alpha value is -2.09. The van der Waals surface area contributed by atoms with Crippen LogP contribution in [-0.4, -0.2) is 31.1 Å². The molecule has 0 radical (unpaired) electrons. The van der Waals surface area contributed by atoms with Gasteiger partial charge in [0.25, 0.3) is 5.56 Å². The zero-order chi connectivity index (χ0) is 14.5. The zero-order valence-corrected chi connectivity index (χ0v) is 12.0. The summed E-state index contributed by atoms with van der Waals surface area (Å²) in [5, 5.41) is 2.84. The summed E-state index contributed by atoms with van der Waals surface area (Å²) in [6.45, 7) is 3.83. The first kappa shape index (κ1) is 14.3. The van der Waals surface area contributed by atoms with Gasteiger partial charge in [-0.1, -0.05) is 11.8 Å². The molecule has 2 aromatic rings. The van der Waals surface area contributed by atoms with Crippen LogP contribution in [0.3, 0.4) is 0 Å². The number of carbonyl (C=O) groups is 1. The molecule has 7 nitrogen and oxygen atoms in total. The fourth-order valence-electron chi connectivity index (χ4n) is 1.54. The van der Waals surface area contributed by atoms with Crippen molar-refractivity contribution in [3.05, 3.63) is 40.3 Å². The number of hydrogen-bond donors (Lipinski definition) is 3. The van der Waals surface area contributed by atoms with Crippen LogP contribution in [0.1, 0.15) is 18.4 Å². The third-order valence-electron chi connectivity index (χ3n) is 2.49. The summed E-state index contributed by atoms with van der Waals surface area (Å²) in [5.41, 5.74) is 0.405. The van der Waals surface area contributed by atoms with Crippen LogP contribution in [0.2, 0.25) is 0 Å². The largest absolute Gasteiger partial charge is 0.348 e. The fraction of sp³-hybridized carbons (Fsp3) is 0.333. The number of amides is 1. The van der Waals surface area contributed by atoms with Gasteiger partial charge in [0, 0.05) is 24.2 Å². The molecule has 0 aliphatic rings. The molecule has 106 valence electrons. The average molecular weight is 293 g/mol. The lowest BCUT2D eigenvalue weighted by Gasteiger charge is -2.10. The van der Waals surface area contributed by atoms with Gasteiger partial charge in [-0.15, -0.1) is 0 Å². The van der Waals surface area contributed by atoms with Crippen molar-refractivity contribution in [1.82, 2.24) is 25.3 Å². The second-order valence-corrected chi connectivity index (χ2v) is 5.54. The van der Waals surface area contributed by atoms with Crippen molar-refractivity contribution < 1.29 is 4.79 Å². The molecule has 0 fully saturated rings. The lowest BCUT2D eigenvalue weighted by Crippen LogP contribution is -2.31. The van der Waals surface area contributed by atoms with Gasteiger partial charge >= 0.3 is 0 Å². The molecular formula is C12H15N5O2S. The van der Waals surface area contributed by atoms with E-state index in [9.17, 15) is 9.59 Å². The molecule has 1 amide bonds.